The summed E-state index contributed by atoms with van der Waals surface area (Å²) >= 11 is 0. The van der Waals surface area contributed by atoms with Crippen LogP contribution in [-0.2, 0) is 19.6 Å². The van der Waals surface area contributed by atoms with Crippen LogP contribution in [-0.4, -0.2) is 69.5 Å². The van der Waals surface area contributed by atoms with Crippen molar-refractivity contribution in [2.75, 3.05) is 43.6 Å². The SMILES string of the molecule is CCOC(=O)N1CCN(C(=O)CN2c3ccc(C(C)C)cc3-c3ccccc3S2(=O)=O)CC1. The number of amides is 2. The Bertz CT molecular complexity index is 1170. The maximum absolute atomic E-state index is 13.5. The van der Waals surface area contributed by atoms with Gasteiger partial charge in [-0.1, -0.05) is 38.1 Å². The van der Waals surface area contributed by atoms with Gasteiger partial charge in [0.05, 0.1) is 17.2 Å². The molecule has 8 nitrogen and oxygen atoms in total. The quantitative estimate of drug-likeness (QED) is 0.683. The van der Waals surface area contributed by atoms with Crippen LogP contribution in [0, 0.1) is 0 Å². The zero-order valence-electron chi connectivity index (χ0n) is 19.2. The molecule has 0 N–H and O–H groups in total. The Morgan fingerprint density at radius 3 is 2.30 bits per heavy atom. The van der Waals surface area contributed by atoms with Crippen molar-refractivity contribution in [2.24, 2.45) is 0 Å². The smallest absolute Gasteiger partial charge is 0.409 e. The van der Waals surface area contributed by atoms with Crippen molar-refractivity contribution >= 4 is 27.7 Å². The first-order valence-corrected chi connectivity index (χ1v) is 12.6. The first-order chi connectivity index (χ1) is 15.7. The molecular formula is C24H29N3O5S. The van der Waals surface area contributed by atoms with Gasteiger partial charge in [0.25, 0.3) is 10.0 Å². The fourth-order valence-corrected chi connectivity index (χ4v) is 5.90. The fraction of sp³-hybridized carbons (Fsp3) is 0.417. The summed E-state index contributed by atoms with van der Waals surface area (Å²) in [6.07, 6.45) is -0.394. The van der Waals surface area contributed by atoms with Gasteiger partial charge >= 0.3 is 6.09 Å². The zero-order chi connectivity index (χ0) is 23.8. The first kappa shape index (κ1) is 23.1. The number of anilines is 1. The Balaban J connectivity index is 1.61. The third kappa shape index (κ3) is 4.29. The van der Waals surface area contributed by atoms with Crippen molar-refractivity contribution in [2.45, 2.75) is 31.6 Å². The van der Waals surface area contributed by atoms with E-state index in [-0.39, 0.29) is 23.3 Å². The van der Waals surface area contributed by atoms with Gasteiger partial charge < -0.3 is 14.5 Å². The molecule has 2 aliphatic heterocycles. The molecule has 0 bridgehead atoms. The van der Waals surface area contributed by atoms with E-state index in [1.54, 1.807) is 34.9 Å². The average Bonchev–Trinajstić information content (AvgIpc) is 2.81. The van der Waals surface area contributed by atoms with Crippen LogP contribution in [0.5, 0.6) is 0 Å². The van der Waals surface area contributed by atoms with Crippen LogP contribution in [0.2, 0.25) is 0 Å². The summed E-state index contributed by atoms with van der Waals surface area (Å²) in [4.78, 5) is 28.4. The Kier molecular flexibility index (Phi) is 6.34. The summed E-state index contributed by atoms with van der Waals surface area (Å²) in [5.41, 5.74) is 3.08. The van der Waals surface area contributed by atoms with Crippen LogP contribution >= 0.6 is 0 Å². The van der Waals surface area contributed by atoms with E-state index in [1.165, 1.54) is 4.31 Å². The second-order valence-corrected chi connectivity index (χ2v) is 10.3. The summed E-state index contributed by atoms with van der Waals surface area (Å²) in [5, 5.41) is 0. The lowest BCUT2D eigenvalue weighted by Crippen LogP contribution is -2.53. The molecule has 2 heterocycles. The van der Waals surface area contributed by atoms with Gasteiger partial charge in [-0.05, 0) is 36.6 Å². The fourth-order valence-electron chi connectivity index (χ4n) is 4.25. The minimum atomic E-state index is -3.89. The number of hydrogen-bond donors (Lipinski definition) is 0. The first-order valence-electron chi connectivity index (χ1n) is 11.2. The van der Waals surface area contributed by atoms with Crippen LogP contribution in [0.15, 0.2) is 47.4 Å². The molecule has 1 fully saturated rings. The number of sulfonamides is 1. The third-order valence-corrected chi connectivity index (χ3v) is 7.96. The van der Waals surface area contributed by atoms with Gasteiger partial charge in [-0.2, -0.15) is 0 Å². The highest BCUT2D eigenvalue weighted by atomic mass is 32.2. The summed E-state index contributed by atoms with van der Waals surface area (Å²) in [5.74, 6) is -0.00729. The lowest BCUT2D eigenvalue weighted by Gasteiger charge is -2.37. The number of ether oxygens (including phenoxy) is 1. The van der Waals surface area contributed by atoms with Crippen LogP contribution in [0.1, 0.15) is 32.3 Å². The van der Waals surface area contributed by atoms with E-state index >= 15 is 0 Å². The van der Waals surface area contributed by atoms with E-state index in [9.17, 15) is 18.0 Å². The van der Waals surface area contributed by atoms with Gasteiger partial charge in [0, 0.05) is 37.3 Å². The van der Waals surface area contributed by atoms with Crippen LogP contribution < -0.4 is 4.31 Å². The lowest BCUT2D eigenvalue weighted by molar-refractivity contribution is -0.131. The van der Waals surface area contributed by atoms with E-state index in [1.807, 2.05) is 24.3 Å². The number of benzene rings is 2. The van der Waals surface area contributed by atoms with Crippen LogP contribution in [0.25, 0.3) is 11.1 Å². The van der Waals surface area contributed by atoms with E-state index in [0.717, 1.165) is 11.1 Å². The predicted molar refractivity (Wildman–Crippen MR) is 126 cm³/mol. The molecule has 2 aromatic rings. The van der Waals surface area contributed by atoms with Crippen molar-refractivity contribution in [3.05, 3.63) is 48.0 Å². The molecule has 176 valence electrons. The average molecular weight is 472 g/mol. The molecule has 4 rings (SSSR count). The van der Waals surface area contributed by atoms with Gasteiger partial charge in [0.15, 0.2) is 0 Å². The molecule has 2 amide bonds. The molecule has 9 heteroatoms. The van der Waals surface area contributed by atoms with Crippen molar-refractivity contribution in [3.63, 3.8) is 0 Å². The largest absolute Gasteiger partial charge is 0.450 e. The number of carbonyl (C=O) groups excluding carboxylic acids is 2. The van der Waals surface area contributed by atoms with Gasteiger partial charge in [0.2, 0.25) is 5.91 Å². The van der Waals surface area contributed by atoms with Gasteiger partial charge in [0.1, 0.15) is 6.54 Å². The second-order valence-electron chi connectivity index (χ2n) is 8.51. The summed E-state index contributed by atoms with van der Waals surface area (Å²) in [6, 6.07) is 12.6. The predicted octanol–water partition coefficient (Wildman–Crippen LogP) is 3.29. The summed E-state index contributed by atoms with van der Waals surface area (Å²) < 4.78 is 33.2. The number of nitrogens with zero attached hydrogens (tertiary/aromatic N) is 3. The standard InChI is InChI=1S/C24H29N3O5S/c1-4-32-24(29)26-13-11-25(12-14-26)23(28)16-27-21-10-9-18(17(2)3)15-20(21)19-7-5-6-8-22(19)33(27,30)31/h5-10,15,17H,4,11-14,16H2,1-3H3. The summed E-state index contributed by atoms with van der Waals surface area (Å²) in [7, 11) is -3.89. The Hall–Kier alpha value is -3.07. The van der Waals surface area contributed by atoms with E-state index in [2.05, 4.69) is 13.8 Å². The number of fused-ring (bicyclic) bond motifs is 3. The Labute approximate surface area is 194 Å². The minimum Gasteiger partial charge on any atom is -0.450 e. The van der Waals surface area contributed by atoms with E-state index in [0.29, 0.717) is 44.0 Å². The molecule has 2 aliphatic rings. The maximum atomic E-state index is 13.5. The number of carbonyl (C=O) groups is 2. The number of hydrogen-bond acceptors (Lipinski definition) is 5. The van der Waals surface area contributed by atoms with Crippen molar-refractivity contribution in [1.82, 2.24) is 9.80 Å². The molecule has 0 atom stereocenters. The van der Waals surface area contributed by atoms with Gasteiger partial charge in [-0.15, -0.1) is 0 Å². The number of rotatable bonds is 4. The van der Waals surface area contributed by atoms with Crippen LogP contribution in [0.3, 0.4) is 0 Å². The maximum Gasteiger partial charge on any atom is 0.409 e. The second kappa shape index (κ2) is 9.05. The summed E-state index contributed by atoms with van der Waals surface area (Å²) in [6.45, 7) is 7.31. The Morgan fingerprint density at radius 2 is 1.64 bits per heavy atom. The molecule has 1 saturated heterocycles. The highest BCUT2D eigenvalue weighted by molar-refractivity contribution is 7.93. The third-order valence-electron chi connectivity index (χ3n) is 6.14. The lowest BCUT2D eigenvalue weighted by atomic mass is 9.95. The molecule has 0 radical (unpaired) electrons. The number of piperazine rings is 1. The topological polar surface area (TPSA) is 87.2 Å². The highest BCUT2D eigenvalue weighted by Crippen LogP contribution is 2.44. The molecular weight excluding hydrogens is 442 g/mol. The molecule has 0 aliphatic carbocycles. The molecule has 0 saturated carbocycles. The normalized spacial score (nSPS) is 16.9. The molecule has 2 aromatic carbocycles. The zero-order valence-corrected chi connectivity index (χ0v) is 20.0. The molecule has 0 aromatic heterocycles. The molecule has 0 spiro atoms. The van der Waals surface area contributed by atoms with Gasteiger partial charge in [-0.25, -0.2) is 13.2 Å². The van der Waals surface area contributed by atoms with Crippen molar-refractivity contribution < 1.29 is 22.7 Å². The Morgan fingerprint density at radius 1 is 0.970 bits per heavy atom. The monoisotopic (exact) mass is 471 g/mol. The molecule has 0 unspecified atom stereocenters. The van der Waals surface area contributed by atoms with E-state index < -0.39 is 16.1 Å². The highest BCUT2D eigenvalue weighted by Gasteiger charge is 2.37. The van der Waals surface area contributed by atoms with E-state index in [4.69, 9.17) is 4.74 Å². The molecule has 33 heavy (non-hydrogen) atoms. The van der Waals surface area contributed by atoms with Crippen LogP contribution in [0.4, 0.5) is 10.5 Å². The van der Waals surface area contributed by atoms with Gasteiger partial charge in [-0.3, -0.25) is 9.10 Å². The van der Waals surface area contributed by atoms with Crippen molar-refractivity contribution in [3.8, 4) is 11.1 Å². The van der Waals surface area contributed by atoms with Crippen molar-refractivity contribution in [1.29, 1.82) is 0 Å². The minimum absolute atomic E-state index is 0.207.